The van der Waals surface area contributed by atoms with Gasteiger partial charge in [0.2, 0.25) is 0 Å². The topological polar surface area (TPSA) is 38.3 Å². The standard InChI is InChI=1S/C9H16INO2/c1-2-13-9(12)8-7(3-5-10)4-6-11-8/h7-8,11H,2-6H2,1H3/t7-,8-/m0/s1. The lowest BCUT2D eigenvalue weighted by atomic mass is 9.98. The quantitative estimate of drug-likeness (QED) is 0.484. The molecule has 3 nitrogen and oxygen atoms in total. The summed E-state index contributed by atoms with van der Waals surface area (Å²) in [6.45, 7) is 3.28. The van der Waals surface area contributed by atoms with Crippen LogP contribution in [0.1, 0.15) is 19.8 Å². The number of nitrogens with one attached hydrogen (secondary N) is 1. The minimum absolute atomic E-state index is 0.0466. The van der Waals surface area contributed by atoms with E-state index in [9.17, 15) is 4.79 Å². The van der Waals surface area contributed by atoms with Crippen molar-refractivity contribution in [2.24, 2.45) is 5.92 Å². The van der Waals surface area contributed by atoms with Gasteiger partial charge in [0, 0.05) is 0 Å². The predicted octanol–water partition coefficient (Wildman–Crippen LogP) is 1.35. The van der Waals surface area contributed by atoms with Crippen molar-refractivity contribution in [3.05, 3.63) is 0 Å². The van der Waals surface area contributed by atoms with E-state index in [0.717, 1.165) is 23.8 Å². The van der Waals surface area contributed by atoms with Crippen molar-refractivity contribution in [1.82, 2.24) is 5.32 Å². The van der Waals surface area contributed by atoms with E-state index >= 15 is 0 Å². The van der Waals surface area contributed by atoms with E-state index in [4.69, 9.17) is 4.74 Å². The molecule has 1 N–H and O–H groups in total. The highest BCUT2D eigenvalue weighted by atomic mass is 127. The van der Waals surface area contributed by atoms with Gasteiger partial charge in [-0.15, -0.1) is 0 Å². The van der Waals surface area contributed by atoms with Crippen LogP contribution in [0.25, 0.3) is 0 Å². The third-order valence-corrected chi connectivity index (χ3v) is 2.99. The molecule has 0 aromatic heterocycles. The molecule has 0 bridgehead atoms. The summed E-state index contributed by atoms with van der Waals surface area (Å²) in [4.78, 5) is 11.4. The van der Waals surface area contributed by atoms with Crippen LogP contribution in [0.4, 0.5) is 0 Å². The molecule has 1 rings (SSSR count). The lowest BCUT2D eigenvalue weighted by Gasteiger charge is -2.16. The molecule has 0 aliphatic carbocycles. The van der Waals surface area contributed by atoms with E-state index in [1.807, 2.05) is 6.92 Å². The monoisotopic (exact) mass is 297 g/mol. The summed E-state index contributed by atoms with van der Waals surface area (Å²) in [5.41, 5.74) is 0. The minimum atomic E-state index is -0.0742. The molecule has 76 valence electrons. The largest absolute Gasteiger partial charge is 0.465 e. The smallest absolute Gasteiger partial charge is 0.323 e. The van der Waals surface area contributed by atoms with Crippen LogP contribution in [0.3, 0.4) is 0 Å². The van der Waals surface area contributed by atoms with Crippen molar-refractivity contribution in [3.8, 4) is 0 Å². The van der Waals surface area contributed by atoms with Crippen LogP contribution < -0.4 is 5.32 Å². The van der Waals surface area contributed by atoms with Gasteiger partial charge in [-0.25, -0.2) is 0 Å². The lowest BCUT2D eigenvalue weighted by Crippen LogP contribution is -2.37. The zero-order valence-corrected chi connectivity index (χ0v) is 10.0. The van der Waals surface area contributed by atoms with Gasteiger partial charge >= 0.3 is 5.97 Å². The molecule has 1 heterocycles. The number of rotatable bonds is 4. The van der Waals surface area contributed by atoms with Crippen LogP contribution in [0.2, 0.25) is 0 Å². The molecule has 1 aliphatic heterocycles. The average Bonchev–Trinajstić information content (AvgIpc) is 2.54. The Balaban J connectivity index is 2.42. The number of ether oxygens (including phenoxy) is 1. The second-order valence-electron chi connectivity index (χ2n) is 3.21. The van der Waals surface area contributed by atoms with E-state index in [0.29, 0.717) is 12.5 Å². The Labute approximate surface area is 92.7 Å². The van der Waals surface area contributed by atoms with Crippen molar-refractivity contribution >= 4 is 28.6 Å². The Bertz CT molecular complexity index is 175. The van der Waals surface area contributed by atoms with Gasteiger partial charge in [0.15, 0.2) is 0 Å². The fraction of sp³-hybridized carbons (Fsp3) is 0.889. The van der Waals surface area contributed by atoms with Crippen molar-refractivity contribution in [2.75, 3.05) is 17.6 Å². The van der Waals surface area contributed by atoms with Crippen LogP contribution in [0, 0.1) is 5.92 Å². The Morgan fingerprint density at radius 2 is 2.46 bits per heavy atom. The second-order valence-corrected chi connectivity index (χ2v) is 4.29. The van der Waals surface area contributed by atoms with Gasteiger partial charge < -0.3 is 10.1 Å². The Kier molecular flexibility index (Phi) is 5.01. The molecule has 0 unspecified atom stereocenters. The fourth-order valence-electron chi connectivity index (χ4n) is 1.72. The molecule has 1 saturated heterocycles. The van der Waals surface area contributed by atoms with Gasteiger partial charge in [0.25, 0.3) is 0 Å². The minimum Gasteiger partial charge on any atom is -0.465 e. The van der Waals surface area contributed by atoms with Crippen molar-refractivity contribution in [2.45, 2.75) is 25.8 Å². The molecule has 0 aromatic carbocycles. The summed E-state index contributed by atoms with van der Waals surface area (Å²) in [5.74, 6) is 0.408. The Morgan fingerprint density at radius 3 is 3.08 bits per heavy atom. The van der Waals surface area contributed by atoms with Gasteiger partial charge in [-0.3, -0.25) is 4.79 Å². The highest BCUT2D eigenvalue weighted by molar-refractivity contribution is 14.1. The molecule has 0 saturated carbocycles. The van der Waals surface area contributed by atoms with E-state index in [2.05, 4.69) is 27.9 Å². The predicted molar refractivity (Wildman–Crippen MR) is 60.0 cm³/mol. The molecule has 0 aromatic rings. The zero-order valence-electron chi connectivity index (χ0n) is 7.88. The molecule has 13 heavy (non-hydrogen) atoms. The van der Waals surface area contributed by atoms with Crippen LogP contribution in [-0.2, 0) is 9.53 Å². The van der Waals surface area contributed by atoms with Crippen LogP contribution in [0.5, 0.6) is 0 Å². The number of halogens is 1. The average molecular weight is 297 g/mol. The van der Waals surface area contributed by atoms with Gasteiger partial charge in [-0.05, 0) is 36.7 Å². The maximum Gasteiger partial charge on any atom is 0.323 e. The lowest BCUT2D eigenvalue weighted by molar-refractivity contribution is -0.146. The van der Waals surface area contributed by atoms with E-state index in [1.165, 1.54) is 0 Å². The second kappa shape index (κ2) is 5.80. The summed E-state index contributed by atoms with van der Waals surface area (Å²) in [6.07, 6.45) is 2.21. The van der Waals surface area contributed by atoms with Crippen LogP contribution >= 0.6 is 22.6 Å². The van der Waals surface area contributed by atoms with Gasteiger partial charge in [0.05, 0.1) is 6.61 Å². The highest BCUT2D eigenvalue weighted by Gasteiger charge is 2.32. The first-order chi connectivity index (χ1) is 6.29. The zero-order chi connectivity index (χ0) is 9.68. The molecule has 0 radical (unpaired) electrons. The number of esters is 1. The van der Waals surface area contributed by atoms with Crippen molar-refractivity contribution in [1.29, 1.82) is 0 Å². The maximum atomic E-state index is 11.4. The first kappa shape index (κ1) is 11.2. The molecular weight excluding hydrogens is 281 g/mol. The fourth-order valence-corrected chi connectivity index (χ4v) is 2.52. The number of hydrogen-bond donors (Lipinski definition) is 1. The number of hydrogen-bond acceptors (Lipinski definition) is 3. The first-order valence-electron chi connectivity index (χ1n) is 4.75. The highest BCUT2D eigenvalue weighted by Crippen LogP contribution is 2.21. The maximum absolute atomic E-state index is 11.4. The Hall–Kier alpha value is 0.160. The molecule has 1 aliphatic rings. The van der Waals surface area contributed by atoms with E-state index in [1.54, 1.807) is 0 Å². The first-order valence-corrected chi connectivity index (χ1v) is 6.28. The molecule has 4 heteroatoms. The third kappa shape index (κ3) is 3.09. The number of alkyl halides is 1. The third-order valence-electron chi connectivity index (χ3n) is 2.37. The molecular formula is C9H16INO2. The Morgan fingerprint density at radius 1 is 1.69 bits per heavy atom. The van der Waals surface area contributed by atoms with Crippen LogP contribution in [-0.4, -0.2) is 29.6 Å². The summed E-state index contributed by atoms with van der Waals surface area (Å²) >= 11 is 2.35. The summed E-state index contributed by atoms with van der Waals surface area (Å²) in [6, 6.07) is -0.0466. The number of carbonyl (C=O) groups excluding carboxylic acids is 1. The van der Waals surface area contributed by atoms with Crippen LogP contribution in [0.15, 0.2) is 0 Å². The van der Waals surface area contributed by atoms with Gasteiger partial charge in [0.1, 0.15) is 6.04 Å². The normalized spacial score (nSPS) is 27.5. The van der Waals surface area contributed by atoms with E-state index in [-0.39, 0.29) is 12.0 Å². The summed E-state index contributed by atoms with van der Waals surface area (Å²) in [7, 11) is 0. The summed E-state index contributed by atoms with van der Waals surface area (Å²) in [5, 5.41) is 3.20. The van der Waals surface area contributed by atoms with Crippen molar-refractivity contribution < 1.29 is 9.53 Å². The molecule has 2 atom stereocenters. The molecule has 0 spiro atoms. The SMILES string of the molecule is CCOC(=O)[C@H]1NCC[C@@H]1CCI. The van der Waals surface area contributed by atoms with E-state index < -0.39 is 0 Å². The van der Waals surface area contributed by atoms with Crippen molar-refractivity contribution in [3.63, 3.8) is 0 Å². The number of carbonyl (C=O) groups is 1. The summed E-state index contributed by atoms with van der Waals surface area (Å²) < 4.78 is 6.11. The molecule has 0 amide bonds. The molecule has 1 fully saturated rings. The van der Waals surface area contributed by atoms with Gasteiger partial charge in [-0.1, -0.05) is 22.6 Å². The van der Waals surface area contributed by atoms with Gasteiger partial charge in [-0.2, -0.15) is 0 Å².